The van der Waals surface area contributed by atoms with E-state index in [1.54, 1.807) is 0 Å². The van der Waals surface area contributed by atoms with E-state index in [1.807, 2.05) is 20.8 Å². The van der Waals surface area contributed by atoms with E-state index in [0.29, 0.717) is 6.54 Å². The average Bonchev–Trinajstić information content (AvgIpc) is 2.17. The first-order chi connectivity index (χ1) is 7.06. The van der Waals surface area contributed by atoms with Crippen LogP contribution in [0.4, 0.5) is 0 Å². The standard InChI is InChI=1S/C12H22N2O/c1-5-7-10(6-2)14-12(15)11(8-13)9(3)4/h2,9-11H,5,7-8,13H2,1,3-4H3,(H,14,15). The van der Waals surface area contributed by atoms with Gasteiger partial charge in [-0.3, -0.25) is 4.79 Å². The third kappa shape index (κ3) is 4.85. The fraction of sp³-hybridized carbons (Fsp3) is 0.750. The van der Waals surface area contributed by atoms with Crippen LogP contribution in [0.15, 0.2) is 0 Å². The summed E-state index contributed by atoms with van der Waals surface area (Å²) in [7, 11) is 0. The number of carbonyl (C=O) groups excluding carboxylic acids is 1. The van der Waals surface area contributed by atoms with Crippen LogP contribution >= 0.6 is 0 Å². The Hall–Kier alpha value is -1.01. The molecule has 0 radical (unpaired) electrons. The smallest absolute Gasteiger partial charge is 0.225 e. The van der Waals surface area contributed by atoms with Crippen molar-refractivity contribution < 1.29 is 4.79 Å². The van der Waals surface area contributed by atoms with Gasteiger partial charge in [0.1, 0.15) is 0 Å². The molecule has 0 heterocycles. The lowest BCUT2D eigenvalue weighted by molar-refractivity contribution is -0.126. The summed E-state index contributed by atoms with van der Waals surface area (Å²) in [5.74, 6) is 2.66. The Bertz CT molecular complexity index is 230. The van der Waals surface area contributed by atoms with Crippen LogP contribution in [0.2, 0.25) is 0 Å². The van der Waals surface area contributed by atoms with Gasteiger partial charge in [-0.15, -0.1) is 6.42 Å². The molecule has 0 aromatic heterocycles. The summed E-state index contributed by atoms with van der Waals surface area (Å²) in [6.07, 6.45) is 7.11. The van der Waals surface area contributed by atoms with Crippen LogP contribution in [0.25, 0.3) is 0 Å². The van der Waals surface area contributed by atoms with Crippen molar-refractivity contribution in [3.63, 3.8) is 0 Å². The number of hydrogen-bond donors (Lipinski definition) is 2. The van der Waals surface area contributed by atoms with Crippen LogP contribution in [0, 0.1) is 24.2 Å². The number of terminal acetylenes is 1. The molecule has 3 N–H and O–H groups in total. The molecule has 0 spiro atoms. The van der Waals surface area contributed by atoms with E-state index >= 15 is 0 Å². The lowest BCUT2D eigenvalue weighted by atomic mass is 9.94. The summed E-state index contributed by atoms with van der Waals surface area (Å²) in [6.45, 7) is 6.38. The van der Waals surface area contributed by atoms with Crippen LogP contribution in [-0.4, -0.2) is 18.5 Å². The molecule has 2 atom stereocenters. The van der Waals surface area contributed by atoms with Crippen LogP contribution in [0.1, 0.15) is 33.6 Å². The molecule has 15 heavy (non-hydrogen) atoms. The van der Waals surface area contributed by atoms with E-state index in [0.717, 1.165) is 12.8 Å². The molecule has 0 aromatic rings. The number of carbonyl (C=O) groups is 1. The maximum atomic E-state index is 11.8. The van der Waals surface area contributed by atoms with E-state index in [9.17, 15) is 4.79 Å². The largest absolute Gasteiger partial charge is 0.342 e. The van der Waals surface area contributed by atoms with Crippen LogP contribution in [-0.2, 0) is 4.79 Å². The number of rotatable bonds is 6. The van der Waals surface area contributed by atoms with Gasteiger partial charge in [0.05, 0.1) is 12.0 Å². The van der Waals surface area contributed by atoms with Crippen LogP contribution in [0.5, 0.6) is 0 Å². The van der Waals surface area contributed by atoms with Gasteiger partial charge in [0.2, 0.25) is 5.91 Å². The van der Waals surface area contributed by atoms with Crippen molar-refractivity contribution in [2.75, 3.05) is 6.54 Å². The first-order valence-electron chi connectivity index (χ1n) is 5.53. The second kappa shape index (κ2) is 7.30. The molecule has 0 fully saturated rings. The van der Waals surface area contributed by atoms with Gasteiger partial charge in [-0.1, -0.05) is 33.1 Å². The molecular weight excluding hydrogens is 188 g/mol. The highest BCUT2D eigenvalue weighted by atomic mass is 16.2. The van der Waals surface area contributed by atoms with Gasteiger partial charge in [0, 0.05) is 6.54 Å². The van der Waals surface area contributed by atoms with Crippen molar-refractivity contribution in [2.24, 2.45) is 17.6 Å². The highest BCUT2D eigenvalue weighted by Gasteiger charge is 2.21. The predicted octanol–water partition coefficient (Wildman–Crippen LogP) is 1.14. The molecule has 2 unspecified atom stereocenters. The van der Waals surface area contributed by atoms with Crippen LogP contribution < -0.4 is 11.1 Å². The molecule has 0 saturated heterocycles. The first kappa shape index (κ1) is 14.0. The third-order valence-corrected chi connectivity index (χ3v) is 2.49. The normalized spacial score (nSPS) is 14.4. The van der Waals surface area contributed by atoms with Gasteiger partial charge < -0.3 is 11.1 Å². The molecule has 0 aliphatic heterocycles. The van der Waals surface area contributed by atoms with E-state index in [4.69, 9.17) is 12.2 Å². The molecule has 3 nitrogen and oxygen atoms in total. The van der Waals surface area contributed by atoms with Crippen molar-refractivity contribution in [2.45, 2.75) is 39.7 Å². The molecule has 0 aromatic carbocycles. The quantitative estimate of drug-likeness (QED) is 0.646. The highest BCUT2D eigenvalue weighted by Crippen LogP contribution is 2.09. The number of nitrogens with one attached hydrogen (secondary N) is 1. The molecule has 0 saturated carbocycles. The third-order valence-electron chi connectivity index (χ3n) is 2.49. The SMILES string of the molecule is C#CC(CCC)NC(=O)C(CN)C(C)C. The number of hydrogen-bond acceptors (Lipinski definition) is 2. The topological polar surface area (TPSA) is 55.1 Å². The zero-order valence-electron chi connectivity index (χ0n) is 9.92. The molecule has 3 heteroatoms. The lowest BCUT2D eigenvalue weighted by Gasteiger charge is -2.20. The zero-order valence-corrected chi connectivity index (χ0v) is 9.92. The minimum Gasteiger partial charge on any atom is -0.342 e. The van der Waals surface area contributed by atoms with Gasteiger partial charge in [0.15, 0.2) is 0 Å². The fourth-order valence-electron chi connectivity index (χ4n) is 1.45. The van der Waals surface area contributed by atoms with Crippen molar-refractivity contribution >= 4 is 5.91 Å². The van der Waals surface area contributed by atoms with Crippen molar-refractivity contribution in [3.8, 4) is 12.3 Å². The van der Waals surface area contributed by atoms with Gasteiger partial charge in [-0.05, 0) is 12.3 Å². The monoisotopic (exact) mass is 210 g/mol. The van der Waals surface area contributed by atoms with E-state index in [2.05, 4.69) is 11.2 Å². The Labute approximate surface area is 92.8 Å². The molecular formula is C12H22N2O. The molecule has 0 rings (SSSR count). The van der Waals surface area contributed by atoms with E-state index in [-0.39, 0.29) is 23.8 Å². The highest BCUT2D eigenvalue weighted by molar-refractivity contribution is 5.79. The number of nitrogens with two attached hydrogens (primary N) is 1. The maximum Gasteiger partial charge on any atom is 0.225 e. The molecule has 86 valence electrons. The second-order valence-electron chi connectivity index (χ2n) is 4.10. The van der Waals surface area contributed by atoms with Gasteiger partial charge in [-0.2, -0.15) is 0 Å². The van der Waals surface area contributed by atoms with Crippen molar-refractivity contribution in [1.29, 1.82) is 0 Å². The minimum atomic E-state index is -0.157. The minimum absolute atomic E-state index is 0.0242. The Balaban J connectivity index is 4.26. The maximum absolute atomic E-state index is 11.8. The first-order valence-corrected chi connectivity index (χ1v) is 5.53. The van der Waals surface area contributed by atoms with Gasteiger partial charge in [-0.25, -0.2) is 0 Å². The summed E-state index contributed by atoms with van der Waals surface area (Å²) < 4.78 is 0. The number of amides is 1. The molecule has 0 bridgehead atoms. The Kier molecular flexibility index (Phi) is 6.81. The van der Waals surface area contributed by atoms with Crippen molar-refractivity contribution in [1.82, 2.24) is 5.32 Å². The molecule has 0 aliphatic carbocycles. The zero-order chi connectivity index (χ0) is 11.8. The van der Waals surface area contributed by atoms with Gasteiger partial charge in [0.25, 0.3) is 0 Å². The van der Waals surface area contributed by atoms with Crippen LogP contribution in [0.3, 0.4) is 0 Å². The molecule has 0 aliphatic rings. The van der Waals surface area contributed by atoms with Crippen molar-refractivity contribution in [3.05, 3.63) is 0 Å². The molecule has 1 amide bonds. The predicted molar refractivity (Wildman–Crippen MR) is 63.1 cm³/mol. The second-order valence-corrected chi connectivity index (χ2v) is 4.10. The fourth-order valence-corrected chi connectivity index (χ4v) is 1.45. The Morgan fingerprint density at radius 3 is 2.47 bits per heavy atom. The Morgan fingerprint density at radius 1 is 1.53 bits per heavy atom. The van der Waals surface area contributed by atoms with E-state index in [1.165, 1.54) is 0 Å². The summed E-state index contributed by atoms with van der Waals surface area (Å²) in [5, 5.41) is 2.84. The summed E-state index contributed by atoms with van der Waals surface area (Å²) in [6, 6.07) is -0.157. The Morgan fingerprint density at radius 2 is 2.13 bits per heavy atom. The summed E-state index contributed by atoms with van der Waals surface area (Å²) in [5.41, 5.74) is 5.55. The summed E-state index contributed by atoms with van der Waals surface area (Å²) in [4.78, 5) is 11.8. The average molecular weight is 210 g/mol. The summed E-state index contributed by atoms with van der Waals surface area (Å²) >= 11 is 0. The van der Waals surface area contributed by atoms with E-state index < -0.39 is 0 Å². The van der Waals surface area contributed by atoms with Gasteiger partial charge >= 0.3 is 0 Å². The lowest BCUT2D eigenvalue weighted by Crippen LogP contribution is -2.42.